The molecule has 1 aliphatic rings. The van der Waals surface area contributed by atoms with E-state index >= 15 is 0 Å². The number of aryl methyl sites for hydroxylation is 1. The van der Waals surface area contributed by atoms with Crippen LogP contribution in [0.5, 0.6) is 0 Å². The van der Waals surface area contributed by atoms with E-state index in [1.165, 1.54) is 12.8 Å². The summed E-state index contributed by atoms with van der Waals surface area (Å²) in [7, 11) is 0. The van der Waals surface area contributed by atoms with Crippen molar-refractivity contribution in [2.45, 2.75) is 45.6 Å². The van der Waals surface area contributed by atoms with Gasteiger partial charge < -0.3 is 10.6 Å². The van der Waals surface area contributed by atoms with Crippen LogP contribution in [0.25, 0.3) is 0 Å². The van der Waals surface area contributed by atoms with Crippen LogP contribution in [-0.2, 0) is 0 Å². The van der Waals surface area contributed by atoms with Crippen molar-refractivity contribution in [3.63, 3.8) is 0 Å². The van der Waals surface area contributed by atoms with Crippen LogP contribution < -0.4 is 5.73 Å². The lowest BCUT2D eigenvalue weighted by Gasteiger charge is -2.27. The second kappa shape index (κ2) is 7.28. The summed E-state index contributed by atoms with van der Waals surface area (Å²) in [6, 6.07) is 6.15. The maximum absolute atomic E-state index is 12.8. The molecule has 0 aromatic heterocycles. The summed E-state index contributed by atoms with van der Waals surface area (Å²) in [6.07, 6.45) is 4.63. The second-order valence-corrected chi connectivity index (χ2v) is 5.79. The molecule has 3 nitrogen and oxygen atoms in total. The Hall–Kier alpha value is -1.79. The third-order valence-electron chi connectivity index (χ3n) is 3.97. The average Bonchev–Trinajstić information content (AvgIpc) is 2.68. The van der Waals surface area contributed by atoms with Gasteiger partial charge in [-0.1, -0.05) is 24.7 Å². The molecule has 2 rings (SSSR count). The van der Waals surface area contributed by atoms with Crippen molar-refractivity contribution >= 4 is 5.91 Å². The quantitative estimate of drug-likeness (QED) is 0.806. The molecular formula is C18H24N2O. The van der Waals surface area contributed by atoms with Gasteiger partial charge in [-0.15, -0.1) is 0 Å². The maximum Gasteiger partial charge on any atom is 0.254 e. The topological polar surface area (TPSA) is 46.3 Å². The Morgan fingerprint density at radius 2 is 2.14 bits per heavy atom. The van der Waals surface area contributed by atoms with Crippen molar-refractivity contribution in [2.24, 2.45) is 5.73 Å². The molecule has 0 saturated carbocycles. The standard InChI is InChI=1S/C18H24N2O/c1-14-11-16(8-6-9-19)13-17(12-14)18(21)20-10-5-3-4-7-15(20)2/h11-13,15H,3-5,7,9-10,19H2,1-2H3. The second-order valence-electron chi connectivity index (χ2n) is 5.79. The molecule has 1 aromatic carbocycles. The Kier molecular flexibility index (Phi) is 5.41. The summed E-state index contributed by atoms with van der Waals surface area (Å²) in [5, 5.41) is 0. The molecule has 1 atom stereocenters. The Balaban J connectivity index is 2.27. The van der Waals surface area contributed by atoms with Gasteiger partial charge in [0.2, 0.25) is 0 Å². The third kappa shape index (κ3) is 4.09. The molecule has 1 amide bonds. The molecule has 0 aliphatic carbocycles. The molecule has 1 fully saturated rings. The molecular weight excluding hydrogens is 260 g/mol. The highest BCUT2D eigenvalue weighted by Gasteiger charge is 2.23. The Bertz CT molecular complexity index is 568. The lowest BCUT2D eigenvalue weighted by Crippen LogP contribution is -2.38. The molecule has 1 unspecified atom stereocenters. The summed E-state index contributed by atoms with van der Waals surface area (Å²) in [5.74, 6) is 6.00. The third-order valence-corrected chi connectivity index (χ3v) is 3.97. The normalized spacial score (nSPS) is 18.6. The van der Waals surface area contributed by atoms with E-state index in [1.807, 2.05) is 30.0 Å². The van der Waals surface area contributed by atoms with Crippen LogP contribution in [0.2, 0.25) is 0 Å². The Morgan fingerprint density at radius 3 is 2.90 bits per heavy atom. The van der Waals surface area contributed by atoms with Gasteiger partial charge in [0, 0.05) is 23.7 Å². The van der Waals surface area contributed by atoms with Crippen LogP contribution >= 0.6 is 0 Å². The van der Waals surface area contributed by atoms with E-state index in [9.17, 15) is 4.79 Å². The van der Waals surface area contributed by atoms with Gasteiger partial charge in [0.1, 0.15) is 0 Å². The smallest absolute Gasteiger partial charge is 0.254 e. The number of nitrogens with zero attached hydrogens (tertiary/aromatic N) is 1. The number of hydrogen-bond donors (Lipinski definition) is 1. The Labute approximate surface area is 127 Å². The lowest BCUT2D eigenvalue weighted by atomic mass is 10.0. The van der Waals surface area contributed by atoms with Gasteiger partial charge in [0.15, 0.2) is 0 Å². The predicted octanol–water partition coefficient (Wildman–Crippen LogP) is 2.71. The molecule has 1 aromatic rings. The number of amides is 1. The van der Waals surface area contributed by atoms with Crippen molar-refractivity contribution in [1.82, 2.24) is 4.90 Å². The summed E-state index contributed by atoms with van der Waals surface area (Å²) in [6.45, 7) is 5.34. The first kappa shape index (κ1) is 15.6. The molecule has 0 bridgehead atoms. The number of likely N-dealkylation sites (tertiary alicyclic amines) is 1. The fourth-order valence-corrected chi connectivity index (χ4v) is 2.87. The maximum atomic E-state index is 12.8. The first-order valence-electron chi connectivity index (χ1n) is 7.73. The molecule has 112 valence electrons. The summed E-state index contributed by atoms with van der Waals surface area (Å²) < 4.78 is 0. The van der Waals surface area contributed by atoms with Crippen molar-refractivity contribution in [3.8, 4) is 11.8 Å². The fraction of sp³-hybridized carbons (Fsp3) is 0.500. The van der Waals surface area contributed by atoms with E-state index in [0.717, 1.165) is 36.1 Å². The Morgan fingerprint density at radius 1 is 1.33 bits per heavy atom. The van der Waals surface area contributed by atoms with Crippen molar-refractivity contribution in [2.75, 3.05) is 13.1 Å². The number of hydrogen-bond acceptors (Lipinski definition) is 2. The molecule has 0 spiro atoms. The molecule has 1 aliphatic heterocycles. The molecule has 3 heteroatoms. The fourth-order valence-electron chi connectivity index (χ4n) is 2.87. The van der Waals surface area contributed by atoms with Gasteiger partial charge in [-0.2, -0.15) is 0 Å². The number of rotatable bonds is 1. The van der Waals surface area contributed by atoms with Crippen LogP contribution in [0.4, 0.5) is 0 Å². The highest BCUT2D eigenvalue weighted by atomic mass is 16.2. The van der Waals surface area contributed by atoms with Crippen molar-refractivity contribution < 1.29 is 4.79 Å². The van der Waals surface area contributed by atoms with E-state index in [1.54, 1.807) is 0 Å². The minimum absolute atomic E-state index is 0.129. The molecule has 1 saturated heterocycles. The van der Waals surface area contributed by atoms with E-state index in [-0.39, 0.29) is 5.91 Å². The largest absolute Gasteiger partial charge is 0.336 e. The number of benzene rings is 1. The van der Waals surface area contributed by atoms with Gasteiger partial charge in [-0.05, 0) is 50.5 Å². The summed E-state index contributed by atoms with van der Waals surface area (Å²) in [4.78, 5) is 14.8. The highest BCUT2D eigenvalue weighted by Crippen LogP contribution is 2.20. The molecule has 21 heavy (non-hydrogen) atoms. The van der Waals surface area contributed by atoms with Crippen molar-refractivity contribution in [1.29, 1.82) is 0 Å². The first-order chi connectivity index (χ1) is 10.1. The van der Waals surface area contributed by atoms with Crippen LogP contribution in [0, 0.1) is 18.8 Å². The zero-order valence-electron chi connectivity index (χ0n) is 13.0. The van der Waals surface area contributed by atoms with Gasteiger partial charge >= 0.3 is 0 Å². The zero-order chi connectivity index (χ0) is 15.2. The van der Waals surface area contributed by atoms with Crippen LogP contribution in [0.1, 0.15) is 54.1 Å². The minimum atomic E-state index is 0.129. The predicted molar refractivity (Wildman–Crippen MR) is 86.1 cm³/mol. The van der Waals surface area contributed by atoms with Gasteiger partial charge in [-0.3, -0.25) is 4.79 Å². The van der Waals surface area contributed by atoms with Crippen LogP contribution in [0.3, 0.4) is 0 Å². The monoisotopic (exact) mass is 284 g/mol. The molecule has 0 radical (unpaired) electrons. The van der Waals surface area contributed by atoms with Gasteiger partial charge in [0.25, 0.3) is 5.91 Å². The summed E-state index contributed by atoms with van der Waals surface area (Å²) in [5.41, 5.74) is 8.08. The zero-order valence-corrected chi connectivity index (χ0v) is 13.0. The molecule has 1 heterocycles. The first-order valence-corrected chi connectivity index (χ1v) is 7.73. The number of nitrogens with two attached hydrogens (primary N) is 1. The molecule has 2 N–H and O–H groups in total. The van der Waals surface area contributed by atoms with Crippen molar-refractivity contribution in [3.05, 3.63) is 34.9 Å². The summed E-state index contributed by atoms with van der Waals surface area (Å²) >= 11 is 0. The SMILES string of the molecule is Cc1cc(C#CCN)cc(C(=O)N2CCCCCC2C)c1. The van der Waals surface area contributed by atoms with E-state index in [2.05, 4.69) is 18.8 Å². The van der Waals surface area contributed by atoms with Gasteiger partial charge in [0.05, 0.1) is 6.54 Å². The number of carbonyl (C=O) groups is 1. The van der Waals surface area contributed by atoms with Crippen LogP contribution in [-0.4, -0.2) is 29.9 Å². The van der Waals surface area contributed by atoms with E-state index in [4.69, 9.17) is 5.73 Å². The highest BCUT2D eigenvalue weighted by molar-refractivity contribution is 5.95. The van der Waals surface area contributed by atoms with Gasteiger partial charge in [-0.25, -0.2) is 0 Å². The minimum Gasteiger partial charge on any atom is -0.336 e. The lowest BCUT2D eigenvalue weighted by molar-refractivity contribution is 0.0698. The average molecular weight is 284 g/mol. The van der Waals surface area contributed by atoms with Crippen LogP contribution in [0.15, 0.2) is 18.2 Å². The van der Waals surface area contributed by atoms with E-state index < -0.39 is 0 Å². The van der Waals surface area contributed by atoms with E-state index in [0.29, 0.717) is 12.6 Å². The number of carbonyl (C=O) groups excluding carboxylic acids is 1.